The van der Waals surface area contributed by atoms with Gasteiger partial charge in [0.2, 0.25) is 0 Å². The average molecular weight is 226 g/mol. The minimum atomic E-state index is -0.257. The smallest absolute Gasteiger partial charge is 0.271 e. The van der Waals surface area contributed by atoms with Crippen LogP contribution in [0.4, 0.5) is 5.69 Å². The molecule has 1 amide bonds. The Kier molecular flexibility index (Phi) is 3.75. The van der Waals surface area contributed by atoms with E-state index in [4.69, 9.17) is 5.73 Å². The Balaban J connectivity index is 1.86. The van der Waals surface area contributed by atoms with E-state index in [9.17, 15) is 4.79 Å². The van der Waals surface area contributed by atoms with E-state index in [2.05, 4.69) is 10.5 Å². The maximum atomic E-state index is 11.6. The molecule has 0 unspecified atom stereocenters. The summed E-state index contributed by atoms with van der Waals surface area (Å²) >= 11 is 0. The lowest BCUT2D eigenvalue weighted by atomic mass is 10.1. The molecule has 85 valence electrons. The number of nitrogens with zero attached hydrogens (tertiary/aromatic N) is 1. The van der Waals surface area contributed by atoms with E-state index in [1.807, 2.05) is 25.7 Å². The van der Waals surface area contributed by atoms with Gasteiger partial charge in [0, 0.05) is 23.4 Å². The Morgan fingerprint density at radius 2 is 1.82 bits per heavy atom. The van der Waals surface area contributed by atoms with Crippen molar-refractivity contribution in [3.63, 3.8) is 0 Å². The first-order valence-corrected chi connectivity index (χ1v) is 5.16. The number of nitrogens with two attached hydrogens (primary N) is 1. The summed E-state index contributed by atoms with van der Waals surface area (Å²) in [7, 11) is 0. The van der Waals surface area contributed by atoms with Gasteiger partial charge in [-0.3, -0.25) is 4.79 Å². The molecule has 4 heteroatoms. The van der Waals surface area contributed by atoms with Gasteiger partial charge >= 0.3 is 0 Å². The number of anilines is 1. The van der Waals surface area contributed by atoms with Crippen molar-refractivity contribution in [3.05, 3.63) is 61.4 Å². The summed E-state index contributed by atoms with van der Waals surface area (Å²) in [6.45, 7) is 0. The summed E-state index contributed by atoms with van der Waals surface area (Å²) in [5.41, 5.74) is 9.13. The Morgan fingerprint density at radius 3 is 2.47 bits per heavy atom. The van der Waals surface area contributed by atoms with Gasteiger partial charge in [0.15, 0.2) is 0 Å². The number of nitrogens with one attached hydrogen (secondary N) is 1. The first-order chi connectivity index (χ1) is 8.25. The van der Waals surface area contributed by atoms with Crippen molar-refractivity contribution in [2.24, 2.45) is 5.10 Å². The highest BCUT2D eigenvalue weighted by atomic mass is 16.2. The minimum absolute atomic E-state index is 0.257. The van der Waals surface area contributed by atoms with Crippen LogP contribution in [0.2, 0.25) is 0 Å². The van der Waals surface area contributed by atoms with Crippen molar-refractivity contribution >= 4 is 17.8 Å². The lowest BCUT2D eigenvalue weighted by Crippen LogP contribution is -2.18. The molecule has 0 saturated heterocycles. The zero-order valence-corrected chi connectivity index (χ0v) is 9.13. The quantitative estimate of drug-likeness (QED) is 0.464. The predicted molar refractivity (Wildman–Crippen MR) is 67.3 cm³/mol. The number of carbonyl (C=O) groups excluding carboxylic acids is 1. The van der Waals surface area contributed by atoms with Crippen molar-refractivity contribution in [2.45, 2.75) is 0 Å². The van der Waals surface area contributed by atoms with Gasteiger partial charge in [-0.2, -0.15) is 5.10 Å². The predicted octanol–water partition coefficient (Wildman–Crippen LogP) is 1.39. The first-order valence-electron chi connectivity index (χ1n) is 5.16. The van der Waals surface area contributed by atoms with Crippen molar-refractivity contribution in [1.82, 2.24) is 5.43 Å². The van der Waals surface area contributed by atoms with Gasteiger partial charge < -0.3 is 5.73 Å². The highest BCUT2D eigenvalue weighted by Gasteiger charge is 2.14. The molecule has 3 N–H and O–H groups in total. The van der Waals surface area contributed by atoms with Crippen LogP contribution in [0.1, 0.15) is 10.4 Å². The Labute approximate surface area is 101 Å². The van der Waals surface area contributed by atoms with Crippen molar-refractivity contribution < 1.29 is 4.79 Å². The van der Waals surface area contributed by atoms with Gasteiger partial charge in [-0.15, -0.1) is 0 Å². The molecule has 0 heterocycles. The zero-order valence-electron chi connectivity index (χ0n) is 9.13. The van der Waals surface area contributed by atoms with Crippen molar-refractivity contribution in [3.8, 4) is 0 Å². The number of amides is 1. The van der Waals surface area contributed by atoms with Crippen LogP contribution in [-0.4, -0.2) is 12.1 Å². The average Bonchev–Trinajstić information content (AvgIpc) is 2.83. The fourth-order valence-corrected chi connectivity index (χ4v) is 1.34. The molecule has 1 saturated carbocycles. The first kappa shape index (κ1) is 11.6. The molecule has 2 rings (SSSR count). The molecule has 1 aromatic rings. The molecule has 17 heavy (non-hydrogen) atoms. The molecule has 1 aliphatic rings. The topological polar surface area (TPSA) is 67.5 Å². The van der Waals surface area contributed by atoms with E-state index in [0.717, 1.165) is 5.92 Å². The number of hydrazone groups is 1. The fraction of sp³-hybridized carbons (Fsp3) is 0. The van der Waals surface area contributed by atoms with E-state index in [1.54, 1.807) is 30.5 Å². The maximum absolute atomic E-state index is 11.6. The van der Waals surface area contributed by atoms with Gasteiger partial charge in [-0.05, 0) is 49.9 Å². The second kappa shape index (κ2) is 5.48. The van der Waals surface area contributed by atoms with Crippen LogP contribution in [0, 0.1) is 31.6 Å². The number of carbonyl (C=O) groups is 1. The molecular weight excluding hydrogens is 214 g/mol. The molecular formula is C13H12N3O. The summed E-state index contributed by atoms with van der Waals surface area (Å²) in [5.74, 6) is 0.690. The van der Waals surface area contributed by atoms with Gasteiger partial charge in [0.05, 0.1) is 0 Å². The summed E-state index contributed by atoms with van der Waals surface area (Å²) < 4.78 is 0. The molecule has 0 aliphatic heterocycles. The van der Waals surface area contributed by atoms with Gasteiger partial charge in [0.25, 0.3) is 5.91 Å². The van der Waals surface area contributed by atoms with E-state index in [1.165, 1.54) is 0 Å². The van der Waals surface area contributed by atoms with Gasteiger partial charge in [-0.25, -0.2) is 5.43 Å². The molecule has 1 aliphatic carbocycles. The highest BCUT2D eigenvalue weighted by Crippen LogP contribution is 2.20. The molecule has 1 fully saturated rings. The lowest BCUT2D eigenvalue weighted by molar-refractivity contribution is 0.0955. The second-order valence-electron chi connectivity index (χ2n) is 3.54. The van der Waals surface area contributed by atoms with Crippen LogP contribution < -0.4 is 11.2 Å². The summed E-state index contributed by atoms with van der Waals surface area (Å²) in [6, 6.07) is 6.66. The molecule has 0 atom stereocenters. The van der Waals surface area contributed by atoms with E-state index >= 15 is 0 Å². The Bertz CT molecular complexity index is 405. The normalized spacial score (nSPS) is 16.5. The zero-order chi connectivity index (χ0) is 12.1. The number of rotatable bonds is 3. The fourth-order valence-electron chi connectivity index (χ4n) is 1.34. The maximum Gasteiger partial charge on any atom is 0.271 e. The Hall–Kier alpha value is -1.84. The molecule has 0 spiro atoms. The van der Waals surface area contributed by atoms with Crippen LogP contribution in [0.5, 0.6) is 0 Å². The summed E-state index contributed by atoms with van der Waals surface area (Å²) in [5, 5.41) is 3.86. The van der Waals surface area contributed by atoms with Crippen LogP contribution in [0.15, 0.2) is 29.4 Å². The number of nitrogen functional groups attached to an aromatic ring is 1. The standard InChI is InChI=1S/C13H12N3O/c14-12-7-5-11(6-8-12)13(17)16-15-9-10-3-1-2-4-10/h1-9H,14H2,(H,16,17)/b15-9+. The van der Waals surface area contributed by atoms with Crippen LogP contribution in [0.25, 0.3) is 0 Å². The lowest BCUT2D eigenvalue weighted by Gasteiger charge is -2.01. The monoisotopic (exact) mass is 226 g/mol. The third-order valence-corrected chi connectivity index (χ3v) is 2.24. The molecule has 0 aromatic heterocycles. The van der Waals surface area contributed by atoms with E-state index in [-0.39, 0.29) is 5.91 Å². The number of benzene rings is 1. The van der Waals surface area contributed by atoms with Crippen LogP contribution >= 0.6 is 0 Å². The summed E-state index contributed by atoms with van der Waals surface area (Å²) in [6.07, 6.45) is 9.21. The third kappa shape index (κ3) is 3.31. The van der Waals surface area contributed by atoms with Crippen molar-refractivity contribution in [1.29, 1.82) is 0 Å². The second-order valence-corrected chi connectivity index (χ2v) is 3.54. The van der Waals surface area contributed by atoms with Crippen LogP contribution in [-0.2, 0) is 0 Å². The third-order valence-electron chi connectivity index (χ3n) is 2.24. The molecule has 4 nitrogen and oxygen atoms in total. The number of hydrogen-bond donors (Lipinski definition) is 2. The molecule has 5 radical (unpaired) electrons. The van der Waals surface area contributed by atoms with Crippen molar-refractivity contribution in [2.75, 3.05) is 5.73 Å². The Morgan fingerprint density at radius 1 is 1.18 bits per heavy atom. The molecule has 0 bridgehead atoms. The highest BCUT2D eigenvalue weighted by molar-refractivity contribution is 5.95. The van der Waals surface area contributed by atoms with E-state index in [0.29, 0.717) is 11.3 Å². The van der Waals surface area contributed by atoms with E-state index < -0.39 is 0 Å². The van der Waals surface area contributed by atoms with Gasteiger partial charge in [-0.1, -0.05) is 0 Å². The minimum Gasteiger partial charge on any atom is -0.399 e. The van der Waals surface area contributed by atoms with Gasteiger partial charge in [0.1, 0.15) is 0 Å². The SMILES string of the molecule is Nc1ccc(C(=O)N/N=C/[C]2[CH][CH][CH][CH]2)cc1. The van der Waals surface area contributed by atoms with Crippen LogP contribution in [0.3, 0.4) is 0 Å². The largest absolute Gasteiger partial charge is 0.399 e. The number of hydrogen-bond acceptors (Lipinski definition) is 3. The molecule has 1 aromatic carbocycles. The summed E-state index contributed by atoms with van der Waals surface area (Å²) in [4.78, 5) is 11.6.